The van der Waals surface area contributed by atoms with Gasteiger partial charge in [0, 0.05) is 18.7 Å². The fourth-order valence-electron chi connectivity index (χ4n) is 1.11. The van der Waals surface area contributed by atoms with Crippen LogP contribution in [0, 0.1) is 22.0 Å². The molecule has 0 aliphatic rings. The standard InChI is InChI=1S/C11H11N3O3/c1-8(15)13-6-2-3-9-4-5-10(12)7-11(9)14(16)17/h4-5,7H,6,12H2,1H3,(H,13,15). The number of nitrogens with zero attached hydrogens (tertiary/aromatic N) is 1. The van der Waals surface area contributed by atoms with Crippen LogP contribution in [-0.2, 0) is 4.79 Å². The van der Waals surface area contributed by atoms with Gasteiger partial charge in [0.1, 0.15) is 5.56 Å². The van der Waals surface area contributed by atoms with E-state index in [-0.39, 0.29) is 23.7 Å². The van der Waals surface area contributed by atoms with Gasteiger partial charge in [-0.15, -0.1) is 0 Å². The molecule has 0 atom stereocenters. The number of hydrogen-bond donors (Lipinski definition) is 2. The third kappa shape index (κ3) is 3.83. The van der Waals surface area contributed by atoms with Crippen LogP contribution in [0.5, 0.6) is 0 Å². The molecule has 1 aromatic carbocycles. The van der Waals surface area contributed by atoms with E-state index in [0.29, 0.717) is 5.69 Å². The molecule has 6 nitrogen and oxygen atoms in total. The molecular weight excluding hydrogens is 222 g/mol. The first-order valence-corrected chi connectivity index (χ1v) is 4.78. The van der Waals surface area contributed by atoms with E-state index in [1.165, 1.54) is 25.1 Å². The highest BCUT2D eigenvalue weighted by molar-refractivity contribution is 5.73. The van der Waals surface area contributed by atoms with E-state index < -0.39 is 4.92 Å². The van der Waals surface area contributed by atoms with Gasteiger partial charge in [0.2, 0.25) is 5.91 Å². The van der Waals surface area contributed by atoms with Crippen molar-refractivity contribution in [2.45, 2.75) is 6.92 Å². The first-order chi connectivity index (χ1) is 8.00. The number of carbonyl (C=O) groups is 1. The number of anilines is 1. The molecule has 0 heterocycles. The van der Waals surface area contributed by atoms with E-state index in [4.69, 9.17) is 5.73 Å². The zero-order valence-corrected chi connectivity index (χ0v) is 9.19. The van der Waals surface area contributed by atoms with Crippen molar-refractivity contribution < 1.29 is 9.72 Å². The molecular formula is C11H11N3O3. The Labute approximate surface area is 98.0 Å². The number of nitro groups is 1. The highest BCUT2D eigenvalue weighted by Gasteiger charge is 2.11. The van der Waals surface area contributed by atoms with Crippen molar-refractivity contribution in [3.05, 3.63) is 33.9 Å². The van der Waals surface area contributed by atoms with E-state index in [2.05, 4.69) is 17.2 Å². The molecule has 0 saturated heterocycles. The van der Waals surface area contributed by atoms with E-state index in [1.807, 2.05) is 0 Å². The zero-order valence-electron chi connectivity index (χ0n) is 9.19. The second kappa shape index (κ2) is 5.51. The van der Waals surface area contributed by atoms with Gasteiger partial charge in [0.25, 0.3) is 5.69 Å². The van der Waals surface area contributed by atoms with Crippen molar-refractivity contribution in [2.24, 2.45) is 0 Å². The summed E-state index contributed by atoms with van der Waals surface area (Å²) in [6, 6.07) is 4.27. The van der Waals surface area contributed by atoms with Gasteiger partial charge in [-0.3, -0.25) is 14.9 Å². The van der Waals surface area contributed by atoms with Crippen LogP contribution in [0.15, 0.2) is 18.2 Å². The minimum atomic E-state index is -0.543. The topological polar surface area (TPSA) is 98.3 Å². The molecule has 3 N–H and O–H groups in total. The number of nitrogen functional groups attached to an aromatic ring is 1. The van der Waals surface area contributed by atoms with Crippen molar-refractivity contribution in [2.75, 3.05) is 12.3 Å². The van der Waals surface area contributed by atoms with Crippen LogP contribution in [-0.4, -0.2) is 17.4 Å². The van der Waals surface area contributed by atoms with Crippen molar-refractivity contribution in [1.29, 1.82) is 0 Å². The summed E-state index contributed by atoms with van der Waals surface area (Å²) in [6.07, 6.45) is 0. The lowest BCUT2D eigenvalue weighted by atomic mass is 10.1. The predicted molar refractivity (Wildman–Crippen MR) is 63.1 cm³/mol. The summed E-state index contributed by atoms with van der Waals surface area (Å²) in [7, 11) is 0. The third-order valence-corrected chi connectivity index (χ3v) is 1.87. The van der Waals surface area contributed by atoms with Gasteiger partial charge >= 0.3 is 0 Å². The summed E-state index contributed by atoms with van der Waals surface area (Å²) in [5.74, 6) is 5.03. The largest absolute Gasteiger partial charge is 0.399 e. The van der Waals surface area contributed by atoms with Crippen LogP contribution < -0.4 is 11.1 Å². The predicted octanol–water partition coefficient (Wildman–Crippen LogP) is 0.665. The molecule has 1 amide bonds. The van der Waals surface area contributed by atoms with Crippen LogP contribution in [0.4, 0.5) is 11.4 Å². The molecule has 1 aromatic rings. The molecule has 0 aliphatic carbocycles. The van der Waals surface area contributed by atoms with Gasteiger partial charge in [0.15, 0.2) is 0 Å². The van der Waals surface area contributed by atoms with Crippen LogP contribution >= 0.6 is 0 Å². The number of nitrogens with two attached hydrogens (primary N) is 1. The second-order valence-electron chi connectivity index (χ2n) is 3.25. The molecule has 17 heavy (non-hydrogen) atoms. The third-order valence-electron chi connectivity index (χ3n) is 1.87. The van der Waals surface area contributed by atoms with Gasteiger partial charge in [-0.2, -0.15) is 0 Å². The normalized spacial score (nSPS) is 9.00. The highest BCUT2D eigenvalue weighted by atomic mass is 16.6. The summed E-state index contributed by atoms with van der Waals surface area (Å²) in [6.45, 7) is 1.52. The quantitative estimate of drug-likeness (QED) is 0.339. The molecule has 0 saturated carbocycles. The molecule has 0 fully saturated rings. The fraction of sp³-hybridized carbons (Fsp3) is 0.182. The Kier molecular flexibility index (Phi) is 4.06. The smallest absolute Gasteiger partial charge is 0.286 e. The lowest BCUT2D eigenvalue weighted by Gasteiger charge is -1.97. The molecule has 1 rings (SSSR count). The Morgan fingerprint density at radius 1 is 1.59 bits per heavy atom. The molecule has 0 unspecified atom stereocenters. The lowest BCUT2D eigenvalue weighted by molar-refractivity contribution is -0.385. The van der Waals surface area contributed by atoms with Gasteiger partial charge in [-0.1, -0.05) is 11.8 Å². The van der Waals surface area contributed by atoms with E-state index in [9.17, 15) is 14.9 Å². The van der Waals surface area contributed by atoms with E-state index >= 15 is 0 Å². The minimum Gasteiger partial charge on any atom is -0.399 e. The Bertz CT molecular complexity index is 514. The van der Waals surface area contributed by atoms with E-state index in [1.54, 1.807) is 0 Å². The zero-order chi connectivity index (χ0) is 12.8. The molecule has 0 aromatic heterocycles. The maximum Gasteiger partial charge on any atom is 0.286 e. The first kappa shape index (κ1) is 12.5. The first-order valence-electron chi connectivity index (χ1n) is 4.78. The van der Waals surface area contributed by atoms with Crippen LogP contribution in [0.3, 0.4) is 0 Å². The molecule has 88 valence electrons. The SMILES string of the molecule is CC(=O)NCC#Cc1ccc(N)cc1[N+](=O)[O-]. The van der Waals surface area contributed by atoms with Gasteiger partial charge < -0.3 is 11.1 Å². The number of carbonyl (C=O) groups excluding carboxylic acids is 1. The summed E-state index contributed by atoms with van der Waals surface area (Å²) in [4.78, 5) is 20.8. The summed E-state index contributed by atoms with van der Waals surface area (Å²) < 4.78 is 0. The van der Waals surface area contributed by atoms with Crippen molar-refractivity contribution in [3.63, 3.8) is 0 Å². The van der Waals surface area contributed by atoms with E-state index in [0.717, 1.165) is 0 Å². The van der Waals surface area contributed by atoms with Crippen molar-refractivity contribution >= 4 is 17.3 Å². The number of amides is 1. The monoisotopic (exact) mass is 233 g/mol. The maximum atomic E-state index is 10.7. The molecule has 6 heteroatoms. The number of rotatable bonds is 2. The Morgan fingerprint density at radius 2 is 2.29 bits per heavy atom. The van der Waals surface area contributed by atoms with Crippen LogP contribution in [0.1, 0.15) is 12.5 Å². The number of nitro benzene ring substituents is 1. The number of benzene rings is 1. The second-order valence-corrected chi connectivity index (χ2v) is 3.25. The van der Waals surface area contributed by atoms with Crippen molar-refractivity contribution in [1.82, 2.24) is 5.32 Å². The van der Waals surface area contributed by atoms with Crippen LogP contribution in [0.2, 0.25) is 0 Å². The Morgan fingerprint density at radius 3 is 2.88 bits per heavy atom. The Balaban J connectivity index is 2.90. The molecule has 0 spiro atoms. The minimum absolute atomic E-state index is 0.139. The average molecular weight is 233 g/mol. The molecule has 0 bridgehead atoms. The molecule has 0 radical (unpaired) electrons. The summed E-state index contributed by atoms with van der Waals surface area (Å²) >= 11 is 0. The van der Waals surface area contributed by atoms with Gasteiger partial charge in [0.05, 0.1) is 11.5 Å². The van der Waals surface area contributed by atoms with Gasteiger partial charge in [-0.05, 0) is 12.1 Å². The lowest BCUT2D eigenvalue weighted by Crippen LogP contribution is -2.19. The number of hydrogen-bond acceptors (Lipinski definition) is 4. The average Bonchev–Trinajstić information content (AvgIpc) is 2.25. The molecule has 0 aliphatic heterocycles. The number of nitrogens with one attached hydrogen (secondary N) is 1. The fourth-order valence-corrected chi connectivity index (χ4v) is 1.11. The van der Waals surface area contributed by atoms with Crippen LogP contribution in [0.25, 0.3) is 0 Å². The maximum absolute atomic E-state index is 10.7. The van der Waals surface area contributed by atoms with Crippen molar-refractivity contribution in [3.8, 4) is 11.8 Å². The van der Waals surface area contributed by atoms with Gasteiger partial charge in [-0.25, -0.2) is 0 Å². The summed E-state index contributed by atoms with van der Waals surface area (Å²) in [5, 5.41) is 13.2. The summed E-state index contributed by atoms with van der Waals surface area (Å²) in [5.41, 5.74) is 5.89. The Hall–Kier alpha value is -2.55. The highest BCUT2D eigenvalue weighted by Crippen LogP contribution is 2.20.